The smallest absolute Gasteiger partial charge is 0.172 e. The van der Waals surface area contributed by atoms with Gasteiger partial charge in [0.1, 0.15) is 5.01 Å². The normalized spacial score (nSPS) is 10.9. The molecular weight excluding hydrogens is 402 g/mol. The van der Waals surface area contributed by atoms with Crippen molar-refractivity contribution in [2.24, 2.45) is 0 Å². The van der Waals surface area contributed by atoms with Gasteiger partial charge in [-0.05, 0) is 36.4 Å². The van der Waals surface area contributed by atoms with Crippen LogP contribution < -0.4 is 5.32 Å². The van der Waals surface area contributed by atoms with Crippen LogP contribution in [-0.2, 0) is 0 Å². The quantitative estimate of drug-likeness (QED) is 0.378. The summed E-state index contributed by atoms with van der Waals surface area (Å²) in [6.45, 7) is 0. The molecule has 29 heavy (non-hydrogen) atoms. The maximum absolute atomic E-state index is 6.33. The Balaban J connectivity index is 1.45. The lowest BCUT2D eigenvalue weighted by Gasteiger charge is -2.09. The van der Waals surface area contributed by atoms with Gasteiger partial charge in [-0.15, -0.1) is 11.3 Å². The minimum Gasteiger partial charge on any atom is -0.338 e. The van der Waals surface area contributed by atoms with Gasteiger partial charge in [-0.3, -0.25) is 4.98 Å². The molecule has 0 aliphatic carbocycles. The zero-order chi connectivity index (χ0) is 19.6. The van der Waals surface area contributed by atoms with Gasteiger partial charge in [0.15, 0.2) is 11.0 Å². The molecule has 1 N–H and O–H groups in total. The third-order valence-corrected chi connectivity index (χ3v) is 5.47. The molecule has 5 nitrogen and oxygen atoms in total. The summed E-state index contributed by atoms with van der Waals surface area (Å²) in [4.78, 5) is 18.1. The van der Waals surface area contributed by atoms with Crippen molar-refractivity contribution in [2.75, 3.05) is 5.32 Å². The number of nitrogens with zero attached hydrogens (tertiary/aromatic N) is 4. The predicted octanol–water partition coefficient (Wildman–Crippen LogP) is 6.21. The summed E-state index contributed by atoms with van der Waals surface area (Å²) < 4.78 is 0. The number of thiazole rings is 1. The Morgan fingerprint density at radius 3 is 2.45 bits per heavy atom. The number of hydrogen-bond acceptors (Lipinski definition) is 6. The van der Waals surface area contributed by atoms with Gasteiger partial charge in [0, 0.05) is 22.8 Å². The van der Waals surface area contributed by atoms with E-state index in [0.29, 0.717) is 11.0 Å². The molecule has 0 saturated carbocycles. The van der Waals surface area contributed by atoms with Crippen molar-refractivity contribution in [3.05, 3.63) is 83.5 Å². The Bertz CT molecular complexity index is 1300. The first-order valence-corrected chi connectivity index (χ1v) is 10.2. The molecule has 7 heteroatoms. The lowest BCUT2D eigenvalue weighted by Crippen LogP contribution is -1.97. The number of hydrogen-bond donors (Lipinski definition) is 1. The van der Waals surface area contributed by atoms with E-state index in [1.165, 1.54) is 0 Å². The summed E-state index contributed by atoms with van der Waals surface area (Å²) in [6.07, 6.45) is 1.77. The highest BCUT2D eigenvalue weighted by Crippen LogP contribution is 2.30. The minimum atomic E-state index is 0.334. The lowest BCUT2D eigenvalue weighted by atomic mass is 10.1. The lowest BCUT2D eigenvalue weighted by molar-refractivity contribution is 1.28. The largest absolute Gasteiger partial charge is 0.338 e. The second kappa shape index (κ2) is 7.58. The van der Waals surface area contributed by atoms with Gasteiger partial charge in [-0.2, -0.15) is 0 Å². The molecule has 0 aliphatic rings. The van der Waals surface area contributed by atoms with Crippen molar-refractivity contribution < 1.29 is 0 Å². The molecule has 2 aromatic carbocycles. The van der Waals surface area contributed by atoms with Crippen LogP contribution in [-0.4, -0.2) is 19.9 Å². The van der Waals surface area contributed by atoms with Crippen LogP contribution >= 0.6 is 22.9 Å². The van der Waals surface area contributed by atoms with Gasteiger partial charge in [-0.1, -0.05) is 41.9 Å². The first kappa shape index (κ1) is 17.7. The first-order chi connectivity index (χ1) is 14.3. The molecule has 0 radical (unpaired) electrons. The van der Waals surface area contributed by atoms with Crippen LogP contribution in [0.4, 0.5) is 11.5 Å². The number of fused-ring (bicyclic) bond motifs is 1. The zero-order valence-corrected chi connectivity index (χ0v) is 16.7. The van der Waals surface area contributed by atoms with Crippen molar-refractivity contribution in [1.82, 2.24) is 19.9 Å². The van der Waals surface area contributed by atoms with Crippen LogP contribution in [0.5, 0.6) is 0 Å². The fourth-order valence-corrected chi connectivity index (χ4v) is 3.95. The van der Waals surface area contributed by atoms with Crippen molar-refractivity contribution in [1.29, 1.82) is 0 Å². The number of aromatic nitrogens is 4. The van der Waals surface area contributed by atoms with Gasteiger partial charge < -0.3 is 5.32 Å². The predicted molar refractivity (Wildman–Crippen MR) is 119 cm³/mol. The highest BCUT2D eigenvalue weighted by molar-refractivity contribution is 7.13. The molecule has 0 spiro atoms. The maximum Gasteiger partial charge on any atom is 0.172 e. The molecule has 5 aromatic rings. The van der Waals surface area contributed by atoms with Crippen LogP contribution in [0.1, 0.15) is 0 Å². The van der Waals surface area contributed by atoms with Crippen LogP contribution in [0.3, 0.4) is 0 Å². The Hall–Kier alpha value is -3.35. The molecule has 0 fully saturated rings. The third-order valence-electron chi connectivity index (χ3n) is 4.34. The molecule has 5 rings (SSSR count). The average Bonchev–Trinajstić information content (AvgIpc) is 3.26. The third kappa shape index (κ3) is 3.68. The van der Waals surface area contributed by atoms with Gasteiger partial charge >= 0.3 is 0 Å². The number of benzene rings is 2. The van der Waals surface area contributed by atoms with E-state index in [1.54, 1.807) is 17.5 Å². The van der Waals surface area contributed by atoms with Crippen molar-refractivity contribution >= 4 is 45.5 Å². The van der Waals surface area contributed by atoms with Crippen molar-refractivity contribution in [3.8, 4) is 22.0 Å². The molecular formula is C22H14ClN5S. The fraction of sp³-hybridized carbons (Fsp3) is 0. The van der Waals surface area contributed by atoms with Gasteiger partial charge in [0.25, 0.3) is 0 Å². The Kier molecular flexibility index (Phi) is 4.63. The SMILES string of the molecule is Clc1nc2ccccc2nc1Nc1cccc(-c2csc(-c3ccccn3)n2)c1. The molecule has 140 valence electrons. The van der Waals surface area contributed by atoms with Crippen LogP contribution in [0.15, 0.2) is 78.3 Å². The van der Waals surface area contributed by atoms with Gasteiger partial charge in [0.05, 0.1) is 22.4 Å². The van der Waals surface area contributed by atoms with Crippen LogP contribution in [0, 0.1) is 0 Å². The second-order valence-electron chi connectivity index (χ2n) is 6.31. The molecule has 3 heterocycles. The van der Waals surface area contributed by atoms with E-state index in [0.717, 1.165) is 38.7 Å². The van der Waals surface area contributed by atoms with Gasteiger partial charge in [-0.25, -0.2) is 15.0 Å². The van der Waals surface area contributed by atoms with E-state index >= 15 is 0 Å². The summed E-state index contributed by atoms with van der Waals surface area (Å²) in [5, 5.41) is 6.53. The number of anilines is 2. The number of nitrogens with one attached hydrogen (secondary N) is 1. The molecule has 0 saturated heterocycles. The highest BCUT2D eigenvalue weighted by atomic mass is 35.5. The number of para-hydroxylation sites is 2. The second-order valence-corrected chi connectivity index (χ2v) is 7.53. The summed E-state index contributed by atoms with van der Waals surface area (Å²) >= 11 is 7.90. The Labute approximate surface area is 176 Å². The van der Waals surface area contributed by atoms with E-state index in [1.807, 2.05) is 72.1 Å². The van der Waals surface area contributed by atoms with E-state index < -0.39 is 0 Å². The fourth-order valence-electron chi connectivity index (χ4n) is 2.96. The molecule has 0 atom stereocenters. The maximum atomic E-state index is 6.33. The average molecular weight is 416 g/mol. The number of halogens is 1. The summed E-state index contributed by atoms with van der Waals surface area (Å²) in [6, 6.07) is 21.4. The minimum absolute atomic E-state index is 0.334. The van der Waals surface area contributed by atoms with E-state index in [9.17, 15) is 0 Å². The topological polar surface area (TPSA) is 63.6 Å². The van der Waals surface area contributed by atoms with Crippen molar-refractivity contribution in [3.63, 3.8) is 0 Å². The Morgan fingerprint density at radius 1 is 0.793 bits per heavy atom. The van der Waals surface area contributed by atoms with E-state index in [-0.39, 0.29) is 0 Å². The van der Waals surface area contributed by atoms with E-state index in [2.05, 4.69) is 20.3 Å². The van der Waals surface area contributed by atoms with Crippen LogP contribution in [0.2, 0.25) is 5.15 Å². The molecule has 0 bridgehead atoms. The molecule has 0 amide bonds. The van der Waals surface area contributed by atoms with E-state index in [4.69, 9.17) is 16.6 Å². The van der Waals surface area contributed by atoms with Crippen LogP contribution in [0.25, 0.3) is 33.0 Å². The number of pyridine rings is 1. The van der Waals surface area contributed by atoms with Gasteiger partial charge in [0.2, 0.25) is 0 Å². The molecule has 3 aromatic heterocycles. The molecule has 0 unspecified atom stereocenters. The standard InChI is InChI=1S/C22H14ClN5S/c23-20-21(27-17-9-2-1-8-16(17)26-20)25-15-7-5-6-14(12-15)19-13-29-22(28-19)18-10-3-4-11-24-18/h1-13H,(H,25,27). The first-order valence-electron chi connectivity index (χ1n) is 8.93. The summed E-state index contributed by atoms with van der Waals surface area (Å²) in [7, 11) is 0. The monoisotopic (exact) mass is 415 g/mol. The van der Waals surface area contributed by atoms with Crippen molar-refractivity contribution in [2.45, 2.75) is 0 Å². The Morgan fingerprint density at radius 2 is 1.62 bits per heavy atom. The zero-order valence-electron chi connectivity index (χ0n) is 15.1. The molecule has 0 aliphatic heterocycles. The number of rotatable bonds is 4. The highest BCUT2D eigenvalue weighted by Gasteiger charge is 2.10. The summed E-state index contributed by atoms with van der Waals surface area (Å²) in [5.74, 6) is 0.523. The summed E-state index contributed by atoms with van der Waals surface area (Å²) in [5.41, 5.74) is 5.18.